The quantitative estimate of drug-likeness (QED) is 0.784. The van der Waals surface area contributed by atoms with E-state index in [4.69, 9.17) is 4.42 Å². The van der Waals surface area contributed by atoms with Gasteiger partial charge < -0.3 is 14.2 Å². The molecule has 1 aliphatic heterocycles. The fourth-order valence-corrected chi connectivity index (χ4v) is 3.66. The van der Waals surface area contributed by atoms with Crippen LogP contribution in [0.5, 0.6) is 0 Å². The Kier molecular flexibility index (Phi) is 5.31. The maximum atomic E-state index is 13.2. The van der Waals surface area contributed by atoms with Crippen LogP contribution in [-0.4, -0.2) is 43.2 Å². The number of anilines is 1. The number of carbonyl (C=O) groups excluding carboxylic acids is 1. The molecule has 1 fully saturated rings. The first-order valence-corrected chi connectivity index (χ1v) is 9.53. The summed E-state index contributed by atoms with van der Waals surface area (Å²) >= 11 is 1.69. The minimum Gasteiger partial charge on any atom is -0.459 e. The molecule has 0 bridgehead atoms. The van der Waals surface area contributed by atoms with Gasteiger partial charge in [-0.25, -0.2) is 0 Å². The number of hydrogen-bond donors (Lipinski definition) is 0. The van der Waals surface area contributed by atoms with Crippen LogP contribution >= 0.6 is 11.8 Å². The van der Waals surface area contributed by atoms with Gasteiger partial charge in [-0.15, -0.1) is 11.8 Å². The largest absolute Gasteiger partial charge is 0.459 e. The average molecular weight is 344 g/mol. The smallest absolute Gasteiger partial charge is 0.294 e. The Balaban J connectivity index is 1.97. The van der Waals surface area contributed by atoms with Crippen LogP contribution in [0.1, 0.15) is 29.0 Å². The molecule has 0 saturated carbocycles. The minimum absolute atomic E-state index is 0.0368. The summed E-state index contributed by atoms with van der Waals surface area (Å²) in [5.41, 5.74) is 1.84. The molecule has 0 aliphatic carbocycles. The van der Waals surface area contributed by atoms with Gasteiger partial charge in [0.1, 0.15) is 0 Å². The van der Waals surface area contributed by atoms with Crippen LogP contribution in [0, 0.1) is 6.92 Å². The maximum Gasteiger partial charge on any atom is 0.294 e. The van der Waals surface area contributed by atoms with Crippen molar-refractivity contribution in [1.29, 1.82) is 0 Å². The third-order valence-corrected chi connectivity index (χ3v) is 5.39. The molecule has 5 heteroatoms. The Labute approximate surface area is 147 Å². The highest BCUT2D eigenvalue weighted by Crippen LogP contribution is 2.29. The molecule has 0 radical (unpaired) electrons. The molecule has 0 atom stereocenters. The van der Waals surface area contributed by atoms with Crippen LogP contribution in [0.25, 0.3) is 0 Å². The van der Waals surface area contributed by atoms with Crippen molar-refractivity contribution in [2.24, 2.45) is 0 Å². The molecule has 1 aromatic carbocycles. The number of hydrogen-bond acceptors (Lipinski definition) is 4. The van der Waals surface area contributed by atoms with Crippen LogP contribution in [0.15, 0.2) is 45.9 Å². The zero-order chi connectivity index (χ0) is 17.1. The number of benzene rings is 1. The predicted octanol–water partition coefficient (Wildman–Crippen LogP) is 4.05. The monoisotopic (exact) mass is 344 g/mol. The van der Waals surface area contributed by atoms with Crippen LogP contribution in [0.4, 0.5) is 5.69 Å². The Bertz CT molecular complexity index is 705. The molecule has 2 aromatic rings. The molecule has 24 heavy (non-hydrogen) atoms. The highest BCUT2D eigenvalue weighted by atomic mass is 32.2. The SMILES string of the molecule is CSc1cccc(N(C(=O)c2occc2C)C2CCN(C)CC2)c1. The number of thioether (sulfide) groups is 1. The molecule has 3 rings (SSSR count). The van der Waals surface area contributed by atoms with E-state index in [1.165, 1.54) is 0 Å². The lowest BCUT2D eigenvalue weighted by atomic mass is 10.0. The zero-order valence-corrected chi connectivity index (χ0v) is 15.3. The van der Waals surface area contributed by atoms with E-state index in [-0.39, 0.29) is 11.9 Å². The van der Waals surface area contributed by atoms with Crippen LogP contribution in [0.2, 0.25) is 0 Å². The van der Waals surface area contributed by atoms with Crippen molar-refractivity contribution in [2.45, 2.75) is 30.7 Å². The molecular formula is C19H24N2O2S. The van der Waals surface area contributed by atoms with Crippen molar-refractivity contribution in [3.05, 3.63) is 47.9 Å². The normalized spacial score (nSPS) is 16.3. The molecule has 128 valence electrons. The molecule has 0 spiro atoms. The third-order valence-electron chi connectivity index (χ3n) is 4.66. The van der Waals surface area contributed by atoms with Crippen molar-refractivity contribution in [3.8, 4) is 0 Å². The lowest BCUT2D eigenvalue weighted by Gasteiger charge is -2.37. The second kappa shape index (κ2) is 7.45. The number of amides is 1. The first-order valence-electron chi connectivity index (χ1n) is 8.30. The molecular weight excluding hydrogens is 320 g/mol. The number of piperidine rings is 1. The molecule has 1 amide bonds. The highest BCUT2D eigenvalue weighted by Gasteiger charge is 2.31. The predicted molar refractivity (Wildman–Crippen MR) is 99.0 cm³/mol. The maximum absolute atomic E-state index is 13.2. The van der Waals surface area contributed by atoms with Crippen molar-refractivity contribution >= 4 is 23.4 Å². The second-order valence-corrected chi connectivity index (χ2v) is 7.22. The third kappa shape index (κ3) is 3.52. The summed E-state index contributed by atoms with van der Waals surface area (Å²) in [7, 11) is 2.13. The van der Waals surface area contributed by atoms with E-state index in [0.29, 0.717) is 5.76 Å². The molecule has 2 heterocycles. The molecule has 4 nitrogen and oxygen atoms in total. The van der Waals surface area contributed by atoms with E-state index in [0.717, 1.165) is 42.1 Å². The van der Waals surface area contributed by atoms with Crippen molar-refractivity contribution in [3.63, 3.8) is 0 Å². The first-order chi connectivity index (χ1) is 11.6. The van der Waals surface area contributed by atoms with E-state index >= 15 is 0 Å². The molecule has 0 N–H and O–H groups in total. The van der Waals surface area contributed by atoms with Gasteiger partial charge >= 0.3 is 0 Å². The summed E-state index contributed by atoms with van der Waals surface area (Å²) in [6.45, 7) is 3.93. The van der Waals surface area contributed by atoms with Crippen LogP contribution in [-0.2, 0) is 0 Å². The van der Waals surface area contributed by atoms with Gasteiger partial charge in [0.15, 0.2) is 5.76 Å². The second-order valence-electron chi connectivity index (χ2n) is 6.34. The summed E-state index contributed by atoms with van der Waals surface area (Å²) in [6, 6.07) is 10.3. The molecule has 1 saturated heterocycles. The fourth-order valence-electron chi connectivity index (χ4n) is 3.21. The van der Waals surface area contributed by atoms with E-state index < -0.39 is 0 Å². The van der Waals surface area contributed by atoms with Gasteiger partial charge in [0.2, 0.25) is 0 Å². The molecule has 1 aliphatic rings. The Morgan fingerprint density at radius 1 is 1.29 bits per heavy atom. The lowest BCUT2D eigenvalue weighted by Crippen LogP contribution is -2.47. The highest BCUT2D eigenvalue weighted by molar-refractivity contribution is 7.98. The number of furan rings is 1. The first kappa shape index (κ1) is 17.1. The number of likely N-dealkylation sites (tertiary alicyclic amines) is 1. The molecule has 1 aromatic heterocycles. The van der Waals surface area contributed by atoms with Gasteiger partial charge in [0, 0.05) is 22.2 Å². The number of nitrogens with zero attached hydrogens (tertiary/aromatic N) is 2. The van der Waals surface area contributed by atoms with Crippen molar-refractivity contribution in [1.82, 2.24) is 4.90 Å². The van der Waals surface area contributed by atoms with Gasteiger partial charge in [-0.05, 0) is 70.4 Å². The zero-order valence-electron chi connectivity index (χ0n) is 14.5. The Hall–Kier alpha value is -1.72. The van der Waals surface area contributed by atoms with Gasteiger partial charge in [0.05, 0.1) is 6.26 Å². The van der Waals surface area contributed by atoms with Gasteiger partial charge in [0.25, 0.3) is 5.91 Å². The summed E-state index contributed by atoms with van der Waals surface area (Å²) < 4.78 is 5.49. The summed E-state index contributed by atoms with van der Waals surface area (Å²) in [4.78, 5) is 18.6. The van der Waals surface area contributed by atoms with Gasteiger partial charge in [-0.2, -0.15) is 0 Å². The molecule has 0 unspecified atom stereocenters. The number of rotatable bonds is 4. The summed E-state index contributed by atoms with van der Waals surface area (Å²) in [5.74, 6) is 0.411. The lowest BCUT2D eigenvalue weighted by molar-refractivity contribution is 0.0936. The van der Waals surface area contributed by atoms with E-state index in [9.17, 15) is 4.79 Å². The summed E-state index contributed by atoms with van der Waals surface area (Å²) in [6.07, 6.45) is 5.60. The van der Waals surface area contributed by atoms with Crippen LogP contribution in [0.3, 0.4) is 0 Å². The standard InChI is InChI=1S/C19H24N2O2S/c1-14-9-12-23-18(14)19(22)21(15-7-10-20(2)11-8-15)16-5-4-6-17(13-16)24-3/h4-6,9,12-13,15H,7-8,10-11H2,1-3H3. The van der Waals surface area contributed by atoms with E-state index in [1.807, 2.05) is 30.0 Å². The Morgan fingerprint density at radius 3 is 2.67 bits per heavy atom. The van der Waals surface area contributed by atoms with Crippen molar-refractivity contribution in [2.75, 3.05) is 31.3 Å². The van der Waals surface area contributed by atoms with Gasteiger partial charge in [-0.3, -0.25) is 4.79 Å². The van der Waals surface area contributed by atoms with Gasteiger partial charge in [-0.1, -0.05) is 6.07 Å². The number of carbonyl (C=O) groups is 1. The van der Waals surface area contributed by atoms with Crippen molar-refractivity contribution < 1.29 is 9.21 Å². The van der Waals surface area contributed by atoms with E-state index in [1.54, 1.807) is 18.0 Å². The van der Waals surface area contributed by atoms with E-state index in [2.05, 4.69) is 30.3 Å². The average Bonchev–Trinajstić information content (AvgIpc) is 3.03. The fraction of sp³-hybridized carbons (Fsp3) is 0.421. The summed E-state index contributed by atoms with van der Waals surface area (Å²) in [5, 5.41) is 0. The Morgan fingerprint density at radius 2 is 2.04 bits per heavy atom. The topological polar surface area (TPSA) is 36.7 Å². The van der Waals surface area contributed by atoms with Crippen LogP contribution < -0.4 is 4.90 Å². The minimum atomic E-state index is -0.0368. The number of aryl methyl sites for hydroxylation is 1.